The van der Waals surface area contributed by atoms with Gasteiger partial charge in [-0.15, -0.1) is 12.4 Å². The third kappa shape index (κ3) is 5.53. The van der Waals surface area contributed by atoms with Crippen LogP contribution in [0.5, 0.6) is 11.5 Å². The van der Waals surface area contributed by atoms with Crippen molar-refractivity contribution in [1.82, 2.24) is 5.32 Å². The number of phenolic OH excluding ortho intramolecular Hbond substituents is 2. The average Bonchev–Trinajstić information content (AvgIpc) is 2.68. The van der Waals surface area contributed by atoms with E-state index >= 15 is 0 Å². The molecule has 1 unspecified atom stereocenters. The van der Waals surface area contributed by atoms with Gasteiger partial charge in [0.25, 0.3) is 0 Å². The lowest BCUT2D eigenvalue weighted by molar-refractivity contribution is -0.141. The second kappa shape index (κ2) is 10.4. The van der Waals surface area contributed by atoms with Gasteiger partial charge < -0.3 is 20.3 Å². The number of urea groups is 1. The monoisotopic (exact) mass is 408 g/mol. The third-order valence-corrected chi connectivity index (χ3v) is 4.31. The van der Waals surface area contributed by atoms with E-state index in [4.69, 9.17) is 4.74 Å². The minimum Gasteiger partial charge on any atom is -0.504 e. The Bertz CT molecular complexity index is 800. The van der Waals surface area contributed by atoms with E-state index in [0.717, 1.165) is 5.56 Å². The number of carbonyl (C=O) groups is 2. The highest BCUT2D eigenvalue weighted by atomic mass is 35.5. The molecule has 28 heavy (non-hydrogen) atoms. The van der Waals surface area contributed by atoms with Gasteiger partial charge >= 0.3 is 12.0 Å². The number of rotatable bonds is 6. The second-order valence-corrected chi connectivity index (χ2v) is 6.24. The van der Waals surface area contributed by atoms with Crippen molar-refractivity contribution in [1.29, 1.82) is 0 Å². The molecule has 0 spiro atoms. The van der Waals surface area contributed by atoms with E-state index in [1.807, 2.05) is 37.3 Å². The van der Waals surface area contributed by atoms with Gasteiger partial charge in [-0.05, 0) is 30.5 Å². The maximum Gasteiger partial charge on any atom is 0.328 e. The molecule has 0 aromatic heterocycles. The molecule has 2 aromatic carbocycles. The van der Waals surface area contributed by atoms with Crippen LogP contribution in [0.25, 0.3) is 0 Å². The topological polar surface area (TPSA) is 99.1 Å². The van der Waals surface area contributed by atoms with Crippen molar-refractivity contribution >= 4 is 30.1 Å². The summed E-state index contributed by atoms with van der Waals surface area (Å²) >= 11 is 0. The largest absolute Gasteiger partial charge is 0.504 e. The van der Waals surface area contributed by atoms with E-state index in [0.29, 0.717) is 6.54 Å². The normalized spacial score (nSPS) is 12.2. The Balaban J connectivity index is 0.00000392. The number of benzene rings is 2. The van der Waals surface area contributed by atoms with E-state index < -0.39 is 18.0 Å². The molecule has 2 rings (SSSR count). The van der Waals surface area contributed by atoms with Crippen LogP contribution in [0.2, 0.25) is 0 Å². The van der Waals surface area contributed by atoms with Crippen LogP contribution in [0.3, 0.4) is 0 Å². The fourth-order valence-corrected chi connectivity index (χ4v) is 2.68. The molecule has 7 nitrogen and oxygen atoms in total. The first-order chi connectivity index (χ1) is 12.8. The summed E-state index contributed by atoms with van der Waals surface area (Å²) in [5.41, 5.74) is 1.33. The molecule has 0 radical (unpaired) electrons. The molecule has 0 fully saturated rings. The molecule has 2 amide bonds. The van der Waals surface area contributed by atoms with Gasteiger partial charge in [0.1, 0.15) is 6.04 Å². The summed E-state index contributed by atoms with van der Waals surface area (Å²) in [5.74, 6) is -1.24. The standard InChI is InChI=1S/C20H24N2O5.ClH/c1-13(15-7-5-4-6-8-15)12-21-20(26)22(14(2)19(25)27-3)16-9-10-17(23)18(24)11-16;/h4-11,13-14,23-24H,12H2,1-3H3,(H,21,26);1H/t13-,14?;/m1./s1. The van der Waals surface area contributed by atoms with Crippen LogP contribution in [0.4, 0.5) is 10.5 Å². The van der Waals surface area contributed by atoms with E-state index in [1.54, 1.807) is 0 Å². The highest BCUT2D eigenvalue weighted by Gasteiger charge is 2.29. The van der Waals surface area contributed by atoms with Crippen molar-refractivity contribution in [2.75, 3.05) is 18.6 Å². The van der Waals surface area contributed by atoms with Gasteiger partial charge in [0, 0.05) is 12.6 Å². The maximum absolute atomic E-state index is 12.8. The van der Waals surface area contributed by atoms with Crippen molar-refractivity contribution in [3.63, 3.8) is 0 Å². The van der Waals surface area contributed by atoms with Crippen LogP contribution in [0.1, 0.15) is 25.3 Å². The van der Waals surface area contributed by atoms with Gasteiger partial charge in [-0.3, -0.25) is 4.90 Å². The molecule has 8 heteroatoms. The highest BCUT2D eigenvalue weighted by molar-refractivity contribution is 5.98. The van der Waals surface area contributed by atoms with Crippen LogP contribution in [-0.4, -0.2) is 41.9 Å². The Hall–Kier alpha value is -2.93. The zero-order chi connectivity index (χ0) is 20.0. The Labute approximate surface area is 170 Å². The summed E-state index contributed by atoms with van der Waals surface area (Å²) in [4.78, 5) is 26.0. The fourth-order valence-electron chi connectivity index (χ4n) is 2.68. The van der Waals surface area contributed by atoms with Crippen LogP contribution >= 0.6 is 12.4 Å². The molecular formula is C20H25ClN2O5. The number of amides is 2. The molecule has 2 aromatic rings. The maximum atomic E-state index is 12.8. The number of carbonyl (C=O) groups excluding carboxylic acids is 2. The summed E-state index contributed by atoms with van der Waals surface area (Å²) in [6.07, 6.45) is 0. The second-order valence-electron chi connectivity index (χ2n) is 6.24. The lowest BCUT2D eigenvalue weighted by atomic mass is 10.0. The molecule has 0 aliphatic heterocycles. The summed E-state index contributed by atoms with van der Waals surface area (Å²) in [6.45, 7) is 3.86. The number of anilines is 1. The quantitative estimate of drug-likeness (QED) is 0.502. The highest BCUT2D eigenvalue weighted by Crippen LogP contribution is 2.30. The van der Waals surface area contributed by atoms with E-state index in [2.05, 4.69) is 5.32 Å². The number of halogens is 1. The Morgan fingerprint density at radius 2 is 1.71 bits per heavy atom. The van der Waals surface area contributed by atoms with Crippen molar-refractivity contribution in [3.8, 4) is 11.5 Å². The molecule has 2 atom stereocenters. The number of nitrogens with zero attached hydrogens (tertiary/aromatic N) is 1. The molecule has 3 N–H and O–H groups in total. The van der Waals surface area contributed by atoms with E-state index in [-0.39, 0.29) is 35.5 Å². The summed E-state index contributed by atoms with van der Waals surface area (Å²) in [5, 5.41) is 22.1. The van der Waals surface area contributed by atoms with Gasteiger partial charge in [-0.2, -0.15) is 0 Å². The molecule has 0 saturated heterocycles. The number of phenols is 2. The zero-order valence-corrected chi connectivity index (χ0v) is 16.8. The third-order valence-electron chi connectivity index (χ3n) is 4.31. The lowest BCUT2D eigenvalue weighted by Gasteiger charge is -2.28. The number of esters is 1. The lowest BCUT2D eigenvalue weighted by Crippen LogP contribution is -2.49. The Kier molecular flexibility index (Phi) is 8.60. The number of ether oxygens (including phenoxy) is 1. The van der Waals surface area contributed by atoms with Gasteiger partial charge in [0.15, 0.2) is 11.5 Å². The Morgan fingerprint density at radius 3 is 2.29 bits per heavy atom. The van der Waals surface area contributed by atoms with E-state index in [9.17, 15) is 19.8 Å². The molecular weight excluding hydrogens is 384 g/mol. The Morgan fingerprint density at radius 1 is 1.07 bits per heavy atom. The first-order valence-electron chi connectivity index (χ1n) is 8.57. The summed E-state index contributed by atoms with van der Waals surface area (Å²) in [7, 11) is 1.24. The van der Waals surface area contributed by atoms with Gasteiger partial charge in [-0.1, -0.05) is 37.3 Å². The first-order valence-corrected chi connectivity index (χ1v) is 8.57. The van der Waals surface area contributed by atoms with Crippen LogP contribution < -0.4 is 10.2 Å². The minimum absolute atomic E-state index is 0. The van der Waals surface area contributed by atoms with Crippen molar-refractivity contribution in [3.05, 3.63) is 54.1 Å². The van der Waals surface area contributed by atoms with Crippen molar-refractivity contribution < 1.29 is 24.5 Å². The molecule has 152 valence electrons. The first kappa shape index (κ1) is 23.1. The number of methoxy groups -OCH3 is 1. The predicted octanol–water partition coefficient (Wildman–Crippen LogP) is 3.40. The summed E-state index contributed by atoms with van der Waals surface area (Å²) < 4.78 is 4.74. The SMILES string of the molecule is COC(=O)C(C)N(C(=O)NC[C@@H](C)c1ccccc1)c1ccc(O)c(O)c1.Cl. The minimum atomic E-state index is -0.925. The van der Waals surface area contributed by atoms with E-state index in [1.165, 1.54) is 37.1 Å². The van der Waals surface area contributed by atoms with Gasteiger partial charge in [0.05, 0.1) is 12.8 Å². The molecule has 0 aliphatic rings. The molecule has 0 saturated carbocycles. The number of nitrogens with one attached hydrogen (secondary N) is 1. The molecule has 0 heterocycles. The van der Waals surface area contributed by atoms with Crippen LogP contribution in [0.15, 0.2) is 48.5 Å². The smallest absolute Gasteiger partial charge is 0.328 e. The van der Waals surface area contributed by atoms with Crippen molar-refractivity contribution in [2.24, 2.45) is 0 Å². The van der Waals surface area contributed by atoms with Crippen LogP contribution in [0, 0.1) is 0 Å². The molecule has 0 aliphatic carbocycles. The number of hydrogen-bond donors (Lipinski definition) is 3. The molecule has 0 bridgehead atoms. The zero-order valence-electron chi connectivity index (χ0n) is 16.0. The van der Waals surface area contributed by atoms with Crippen molar-refractivity contribution in [2.45, 2.75) is 25.8 Å². The van der Waals surface area contributed by atoms with Crippen LogP contribution in [-0.2, 0) is 9.53 Å². The average molecular weight is 409 g/mol. The number of hydrogen-bond acceptors (Lipinski definition) is 5. The predicted molar refractivity (Wildman–Crippen MR) is 109 cm³/mol. The fraction of sp³-hybridized carbons (Fsp3) is 0.300. The summed E-state index contributed by atoms with van der Waals surface area (Å²) in [6, 6.07) is 12.2. The van der Waals surface area contributed by atoms with Gasteiger partial charge in [-0.25, -0.2) is 9.59 Å². The number of aromatic hydroxyl groups is 2. The van der Waals surface area contributed by atoms with Gasteiger partial charge in [0.2, 0.25) is 0 Å².